The van der Waals surface area contributed by atoms with E-state index in [2.05, 4.69) is 15.4 Å². The molecule has 0 spiro atoms. The summed E-state index contributed by atoms with van der Waals surface area (Å²) in [7, 11) is 0. The van der Waals surface area contributed by atoms with Crippen LogP contribution in [0.5, 0.6) is 0 Å². The first-order chi connectivity index (χ1) is 12.2. The van der Waals surface area contributed by atoms with Crippen LogP contribution in [0.3, 0.4) is 0 Å². The normalized spacial score (nSPS) is 11.1. The highest BCUT2D eigenvalue weighted by Crippen LogP contribution is 2.23. The van der Waals surface area contributed by atoms with Gasteiger partial charge in [0.1, 0.15) is 0 Å². The molecule has 0 saturated heterocycles. The number of aryl methyl sites for hydroxylation is 1. The molecule has 0 atom stereocenters. The maximum absolute atomic E-state index is 12.9. The molecule has 124 valence electrons. The number of rotatable bonds is 3. The number of aromatic amines is 1. The zero-order chi connectivity index (χ0) is 17.4. The van der Waals surface area contributed by atoms with Gasteiger partial charge in [-0.25, -0.2) is 4.68 Å². The summed E-state index contributed by atoms with van der Waals surface area (Å²) in [5.74, 6) is -0.341. The topological polar surface area (TPSA) is 79.8 Å². The van der Waals surface area contributed by atoms with Crippen LogP contribution in [0.15, 0.2) is 59.5 Å². The molecule has 4 rings (SSSR count). The molecule has 1 amide bonds. The number of anilines is 1. The second kappa shape index (κ2) is 5.90. The Balaban J connectivity index is 1.84. The van der Waals surface area contributed by atoms with Crippen LogP contribution in [-0.4, -0.2) is 20.7 Å². The molecule has 0 aliphatic rings. The Morgan fingerprint density at radius 1 is 1.08 bits per heavy atom. The van der Waals surface area contributed by atoms with E-state index in [0.29, 0.717) is 23.0 Å². The van der Waals surface area contributed by atoms with E-state index in [1.54, 1.807) is 24.3 Å². The minimum Gasteiger partial charge on any atom is -0.361 e. The van der Waals surface area contributed by atoms with E-state index in [4.69, 9.17) is 0 Å². The molecule has 6 nitrogen and oxygen atoms in total. The average molecular weight is 332 g/mol. The van der Waals surface area contributed by atoms with Crippen LogP contribution in [0, 0.1) is 0 Å². The number of benzene rings is 2. The van der Waals surface area contributed by atoms with Crippen molar-refractivity contribution in [3.8, 4) is 0 Å². The summed E-state index contributed by atoms with van der Waals surface area (Å²) < 4.78 is 1.31. The quantitative estimate of drug-likeness (QED) is 0.605. The van der Waals surface area contributed by atoms with Crippen molar-refractivity contribution >= 4 is 33.3 Å². The lowest BCUT2D eigenvalue weighted by molar-refractivity contribution is 0.102. The molecule has 2 N–H and O–H groups in total. The molecular weight excluding hydrogens is 316 g/mol. The third kappa shape index (κ3) is 2.48. The van der Waals surface area contributed by atoms with Crippen LogP contribution < -0.4 is 10.9 Å². The smallest absolute Gasteiger partial charge is 0.276 e. The molecule has 4 aromatic rings. The molecule has 2 aromatic carbocycles. The first kappa shape index (κ1) is 15.1. The van der Waals surface area contributed by atoms with Gasteiger partial charge in [-0.2, -0.15) is 5.10 Å². The van der Waals surface area contributed by atoms with Crippen molar-refractivity contribution in [3.05, 3.63) is 70.8 Å². The van der Waals surface area contributed by atoms with Gasteiger partial charge in [0.2, 0.25) is 0 Å². The van der Waals surface area contributed by atoms with Crippen molar-refractivity contribution in [1.29, 1.82) is 0 Å². The Bertz CT molecular complexity index is 1160. The summed E-state index contributed by atoms with van der Waals surface area (Å²) in [6, 6.07) is 14.6. The summed E-state index contributed by atoms with van der Waals surface area (Å²) in [6.07, 6.45) is 1.82. The highest BCUT2D eigenvalue weighted by Gasteiger charge is 2.17. The van der Waals surface area contributed by atoms with E-state index in [0.717, 1.165) is 10.9 Å². The molecule has 25 heavy (non-hydrogen) atoms. The molecule has 0 radical (unpaired) electrons. The van der Waals surface area contributed by atoms with Crippen LogP contribution in [0.25, 0.3) is 21.7 Å². The maximum Gasteiger partial charge on any atom is 0.276 e. The monoisotopic (exact) mass is 332 g/mol. The van der Waals surface area contributed by atoms with Crippen LogP contribution in [0.2, 0.25) is 0 Å². The van der Waals surface area contributed by atoms with Crippen molar-refractivity contribution in [3.63, 3.8) is 0 Å². The standard InChI is InChI=1S/C19H16N4O2/c1-2-23-19(25)13-7-4-3-6-12(13)17(22-23)18(24)21-16-9-5-8-15-14(16)10-11-20-15/h3-11,20H,2H2,1H3,(H,21,24). The van der Waals surface area contributed by atoms with Crippen LogP contribution in [-0.2, 0) is 6.54 Å². The highest BCUT2D eigenvalue weighted by molar-refractivity contribution is 6.13. The van der Waals surface area contributed by atoms with Crippen molar-refractivity contribution in [2.45, 2.75) is 13.5 Å². The number of nitrogens with zero attached hydrogens (tertiary/aromatic N) is 2. The van der Waals surface area contributed by atoms with Gasteiger partial charge in [-0.1, -0.05) is 24.3 Å². The number of aromatic nitrogens is 3. The number of carbonyl (C=O) groups excluding carboxylic acids is 1. The second-order valence-corrected chi connectivity index (χ2v) is 5.71. The van der Waals surface area contributed by atoms with Gasteiger partial charge in [0.05, 0.1) is 11.1 Å². The van der Waals surface area contributed by atoms with Gasteiger partial charge in [0.15, 0.2) is 5.69 Å². The van der Waals surface area contributed by atoms with Crippen molar-refractivity contribution < 1.29 is 4.79 Å². The number of carbonyl (C=O) groups is 1. The largest absolute Gasteiger partial charge is 0.361 e. The molecule has 6 heteroatoms. The Kier molecular flexibility index (Phi) is 3.57. The summed E-state index contributed by atoms with van der Waals surface area (Å²) in [6.45, 7) is 2.22. The molecule has 2 heterocycles. The number of H-pyrrole nitrogens is 1. The van der Waals surface area contributed by atoms with Gasteiger partial charge in [0.25, 0.3) is 11.5 Å². The van der Waals surface area contributed by atoms with E-state index >= 15 is 0 Å². The van der Waals surface area contributed by atoms with Crippen molar-refractivity contribution in [2.75, 3.05) is 5.32 Å². The molecule has 0 aliphatic heterocycles. The van der Waals surface area contributed by atoms with E-state index in [1.165, 1.54) is 4.68 Å². The summed E-state index contributed by atoms with van der Waals surface area (Å²) >= 11 is 0. The Hall–Kier alpha value is -3.41. The van der Waals surface area contributed by atoms with Crippen LogP contribution in [0.1, 0.15) is 17.4 Å². The van der Waals surface area contributed by atoms with Crippen molar-refractivity contribution in [1.82, 2.24) is 14.8 Å². The first-order valence-corrected chi connectivity index (χ1v) is 8.06. The summed E-state index contributed by atoms with van der Waals surface area (Å²) in [5, 5.41) is 9.14. The molecule has 2 aromatic heterocycles. The fourth-order valence-corrected chi connectivity index (χ4v) is 2.99. The van der Waals surface area contributed by atoms with E-state index in [9.17, 15) is 9.59 Å². The number of hydrogen-bond acceptors (Lipinski definition) is 3. The van der Waals surface area contributed by atoms with Crippen LogP contribution >= 0.6 is 0 Å². The predicted octanol–water partition coefficient (Wildman–Crippen LogP) is 3.15. The number of fused-ring (bicyclic) bond motifs is 2. The van der Waals surface area contributed by atoms with E-state index in [1.807, 2.05) is 37.4 Å². The van der Waals surface area contributed by atoms with Crippen LogP contribution in [0.4, 0.5) is 5.69 Å². The predicted molar refractivity (Wildman–Crippen MR) is 97.9 cm³/mol. The lowest BCUT2D eigenvalue weighted by atomic mass is 10.1. The van der Waals surface area contributed by atoms with Gasteiger partial charge in [-0.15, -0.1) is 0 Å². The molecule has 0 saturated carbocycles. The Morgan fingerprint density at radius 3 is 2.68 bits per heavy atom. The Labute approximate surface area is 143 Å². The van der Waals surface area contributed by atoms with Gasteiger partial charge in [0, 0.05) is 29.0 Å². The third-order valence-corrected chi connectivity index (χ3v) is 4.23. The van der Waals surface area contributed by atoms with Crippen molar-refractivity contribution in [2.24, 2.45) is 0 Å². The van der Waals surface area contributed by atoms with E-state index in [-0.39, 0.29) is 17.2 Å². The molecule has 0 fully saturated rings. The Morgan fingerprint density at radius 2 is 1.88 bits per heavy atom. The second-order valence-electron chi connectivity index (χ2n) is 5.71. The van der Waals surface area contributed by atoms with Gasteiger partial charge >= 0.3 is 0 Å². The molecular formula is C19H16N4O2. The fraction of sp³-hybridized carbons (Fsp3) is 0.105. The zero-order valence-electron chi connectivity index (χ0n) is 13.6. The number of nitrogens with one attached hydrogen (secondary N) is 2. The maximum atomic E-state index is 12.9. The lowest BCUT2D eigenvalue weighted by Crippen LogP contribution is -2.27. The fourth-order valence-electron chi connectivity index (χ4n) is 2.99. The van der Waals surface area contributed by atoms with E-state index < -0.39 is 0 Å². The van der Waals surface area contributed by atoms with Gasteiger partial charge in [-0.3, -0.25) is 9.59 Å². The number of hydrogen-bond donors (Lipinski definition) is 2. The minimum atomic E-state index is -0.341. The first-order valence-electron chi connectivity index (χ1n) is 8.06. The minimum absolute atomic E-state index is 0.192. The molecule has 0 unspecified atom stereocenters. The SMILES string of the molecule is CCn1nc(C(=O)Nc2cccc3[nH]ccc23)c2ccccc2c1=O. The number of amides is 1. The summed E-state index contributed by atoms with van der Waals surface area (Å²) in [5.41, 5.74) is 1.69. The molecule has 0 bridgehead atoms. The summed E-state index contributed by atoms with van der Waals surface area (Å²) in [4.78, 5) is 28.4. The van der Waals surface area contributed by atoms with Gasteiger partial charge in [-0.05, 0) is 31.2 Å². The lowest BCUT2D eigenvalue weighted by Gasteiger charge is -2.10. The average Bonchev–Trinajstić information content (AvgIpc) is 3.12. The molecule has 0 aliphatic carbocycles. The van der Waals surface area contributed by atoms with Gasteiger partial charge < -0.3 is 10.3 Å². The highest BCUT2D eigenvalue weighted by atomic mass is 16.2. The third-order valence-electron chi connectivity index (χ3n) is 4.23. The zero-order valence-corrected chi connectivity index (χ0v) is 13.6.